The number of nitrogens with zero attached hydrogens (tertiary/aromatic N) is 1. The molecule has 0 unspecified atom stereocenters. The summed E-state index contributed by atoms with van der Waals surface area (Å²) in [5.74, 6) is 1.30. The largest absolute Gasteiger partial charge is 0.396 e. The molecular formula is C12H26N2O. The Hall–Kier alpha value is -0.120. The highest BCUT2D eigenvalue weighted by molar-refractivity contribution is 4.72. The summed E-state index contributed by atoms with van der Waals surface area (Å²) >= 11 is 0. The van der Waals surface area contributed by atoms with Gasteiger partial charge in [-0.2, -0.15) is 0 Å². The van der Waals surface area contributed by atoms with Crippen LogP contribution < -0.4 is 5.32 Å². The molecule has 0 saturated carbocycles. The van der Waals surface area contributed by atoms with Gasteiger partial charge in [0.05, 0.1) is 0 Å². The van der Waals surface area contributed by atoms with Crippen LogP contribution in [0.15, 0.2) is 0 Å². The van der Waals surface area contributed by atoms with Crippen LogP contribution in [0.25, 0.3) is 0 Å². The van der Waals surface area contributed by atoms with Crippen molar-refractivity contribution in [3.8, 4) is 0 Å². The van der Waals surface area contributed by atoms with Crippen LogP contribution in [0.1, 0.15) is 26.7 Å². The van der Waals surface area contributed by atoms with E-state index in [0.29, 0.717) is 12.5 Å². The normalized spacial score (nSPS) is 20.0. The minimum absolute atomic E-state index is 0.374. The Bertz CT molecular complexity index is 154. The molecule has 1 heterocycles. The topological polar surface area (TPSA) is 35.5 Å². The zero-order valence-electron chi connectivity index (χ0n) is 10.2. The van der Waals surface area contributed by atoms with Crippen molar-refractivity contribution in [2.45, 2.75) is 26.7 Å². The van der Waals surface area contributed by atoms with E-state index in [0.717, 1.165) is 38.6 Å². The predicted molar refractivity (Wildman–Crippen MR) is 64.0 cm³/mol. The number of rotatable bonds is 6. The van der Waals surface area contributed by atoms with Crippen LogP contribution in [0.3, 0.4) is 0 Å². The fourth-order valence-corrected chi connectivity index (χ4v) is 2.02. The summed E-state index contributed by atoms with van der Waals surface area (Å²) in [5, 5.41) is 12.5. The highest BCUT2D eigenvalue weighted by atomic mass is 16.3. The summed E-state index contributed by atoms with van der Waals surface area (Å²) in [6.07, 6.45) is 2.33. The van der Waals surface area contributed by atoms with Gasteiger partial charge in [0, 0.05) is 19.7 Å². The first-order valence-corrected chi connectivity index (χ1v) is 6.26. The summed E-state index contributed by atoms with van der Waals surface area (Å²) in [7, 11) is 0. The molecule has 0 aromatic rings. The first-order valence-electron chi connectivity index (χ1n) is 6.26. The number of hydrogen-bond acceptors (Lipinski definition) is 3. The highest BCUT2D eigenvalue weighted by Crippen LogP contribution is 2.15. The molecular weight excluding hydrogens is 188 g/mol. The van der Waals surface area contributed by atoms with Gasteiger partial charge < -0.3 is 15.3 Å². The van der Waals surface area contributed by atoms with Gasteiger partial charge in [0.15, 0.2) is 0 Å². The molecule has 2 N–H and O–H groups in total. The number of likely N-dealkylation sites (tertiary alicyclic amines) is 1. The van der Waals surface area contributed by atoms with Gasteiger partial charge in [0.25, 0.3) is 0 Å². The molecule has 3 heteroatoms. The molecule has 0 aromatic heterocycles. The van der Waals surface area contributed by atoms with Crippen molar-refractivity contribution in [1.82, 2.24) is 10.2 Å². The van der Waals surface area contributed by atoms with Crippen molar-refractivity contribution in [2.75, 3.05) is 39.3 Å². The summed E-state index contributed by atoms with van der Waals surface area (Å²) in [6, 6.07) is 0. The Morgan fingerprint density at radius 1 is 1.33 bits per heavy atom. The number of nitrogens with one attached hydrogen (secondary N) is 1. The molecule has 3 nitrogen and oxygen atoms in total. The molecule has 1 saturated heterocycles. The number of aliphatic hydroxyl groups excluding tert-OH is 1. The molecule has 0 aromatic carbocycles. The third-order valence-electron chi connectivity index (χ3n) is 3.12. The van der Waals surface area contributed by atoms with E-state index in [1.807, 2.05) is 0 Å². The zero-order valence-corrected chi connectivity index (χ0v) is 10.2. The third kappa shape index (κ3) is 5.50. The van der Waals surface area contributed by atoms with Crippen LogP contribution in [0.2, 0.25) is 0 Å². The van der Waals surface area contributed by atoms with E-state index in [4.69, 9.17) is 5.11 Å². The number of aliphatic hydroxyl groups is 1. The van der Waals surface area contributed by atoms with Gasteiger partial charge >= 0.3 is 0 Å². The van der Waals surface area contributed by atoms with E-state index < -0.39 is 0 Å². The fourth-order valence-electron chi connectivity index (χ4n) is 2.02. The summed E-state index contributed by atoms with van der Waals surface area (Å²) in [6.45, 7) is 10.5. The van der Waals surface area contributed by atoms with Crippen molar-refractivity contribution in [1.29, 1.82) is 0 Å². The van der Waals surface area contributed by atoms with Crippen LogP contribution in [-0.4, -0.2) is 49.3 Å². The number of hydrogen-bond donors (Lipinski definition) is 2. The van der Waals surface area contributed by atoms with Gasteiger partial charge in [0.2, 0.25) is 0 Å². The molecule has 1 aliphatic heterocycles. The fraction of sp³-hybridized carbons (Fsp3) is 1.00. The van der Waals surface area contributed by atoms with Crippen molar-refractivity contribution in [3.63, 3.8) is 0 Å². The standard InChI is InChI=1S/C12H26N2O/c1-11(2)9-13-5-8-14-6-3-12(10-15)4-7-14/h11-13,15H,3-10H2,1-2H3. The van der Waals surface area contributed by atoms with Crippen molar-refractivity contribution in [2.24, 2.45) is 11.8 Å². The lowest BCUT2D eigenvalue weighted by Crippen LogP contribution is -2.39. The minimum atomic E-state index is 0.374. The van der Waals surface area contributed by atoms with Crippen LogP contribution in [-0.2, 0) is 0 Å². The smallest absolute Gasteiger partial charge is 0.0460 e. The first-order chi connectivity index (χ1) is 7.22. The number of piperidine rings is 1. The molecule has 90 valence electrons. The monoisotopic (exact) mass is 214 g/mol. The lowest BCUT2D eigenvalue weighted by Gasteiger charge is -2.31. The quantitative estimate of drug-likeness (QED) is 0.646. The molecule has 15 heavy (non-hydrogen) atoms. The highest BCUT2D eigenvalue weighted by Gasteiger charge is 2.17. The lowest BCUT2D eigenvalue weighted by molar-refractivity contribution is 0.132. The molecule has 0 atom stereocenters. The third-order valence-corrected chi connectivity index (χ3v) is 3.12. The lowest BCUT2D eigenvalue weighted by atomic mass is 9.98. The SMILES string of the molecule is CC(C)CNCCN1CCC(CO)CC1. The van der Waals surface area contributed by atoms with Gasteiger partial charge in [-0.15, -0.1) is 0 Å². The Labute approximate surface area is 93.9 Å². The Morgan fingerprint density at radius 2 is 2.00 bits per heavy atom. The van der Waals surface area contributed by atoms with E-state index in [9.17, 15) is 0 Å². The predicted octanol–water partition coefficient (Wildman–Crippen LogP) is 0.936. The Kier molecular flexibility index (Phi) is 6.22. The van der Waals surface area contributed by atoms with Crippen LogP contribution >= 0.6 is 0 Å². The molecule has 0 spiro atoms. The van der Waals surface area contributed by atoms with Gasteiger partial charge in [-0.05, 0) is 44.3 Å². The average Bonchev–Trinajstić information content (AvgIpc) is 2.25. The van der Waals surface area contributed by atoms with E-state index in [2.05, 4.69) is 24.1 Å². The van der Waals surface area contributed by atoms with E-state index in [1.54, 1.807) is 0 Å². The van der Waals surface area contributed by atoms with E-state index in [1.165, 1.54) is 12.8 Å². The maximum absolute atomic E-state index is 9.02. The summed E-state index contributed by atoms with van der Waals surface area (Å²) in [5.41, 5.74) is 0. The molecule has 0 amide bonds. The molecule has 0 aliphatic carbocycles. The van der Waals surface area contributed by atoms with E-state index >= 15 is 0 Å². The van der Waals surface area contributed by atoms with Crippen LogP contribution in [0.5, 0.6) is 0 Å². The van der Waals surface area contributed by atoms with Gasteiger partial charge in [-0.25, -0.2) is 0 Å². The van der Waals surface area contributed by atoms with E-state index in [-0.39, 0.29) is 0 Å². The zero-order chi connectivity index (χ0) is 11.1. The van der Waals surface area contributed by atoms with Gasteiger partial charge in [-0.1, -0.05) is 13.8 Å². The molecule has 1 rings (SSSR count). The van der Waals surface area contributed by atoms with Crippen LogP contribution in [0.4, 0.5) is 0 Å². The summed E-state index contributed by atoms with van der Waals surface area (Å²) < 4.78 is 0. The van der Waals surface area contributed by atoms with Gasteiger partial charge in [0.1, 0.15) is 0 Å². The second kappa shape index (κ2) is 7.20. The minimum Gasteiger partial charge on any atom is -0.396 e. The maximum atomic E-state index is 9.02. The van der Waals surface area contributed by atoms with Crippen molar-refractivity contribution in [3.05, 3.63) is 0 Å². The molecule has 1 fully saturated rings. The van der Waals surface area contributed by atoms with Crippen molar-refractivity contribution >= 4 is 0 Å². The average molecular weight is 214 g/mol. The molecule has 1 aliphatic rings. The molecule has 0 radical (unpaired) electrons. The summed E-state index contributed by atoms with van der Waals surface area (Å²) in [4.78, 5) is 2.50. The first kappa shape index (κ1) is 12.9. The second-order valence-corrected chi connectivity index (χ2v) is 5.07. The second-order valence-electron chi connectivity index (χ2n) is 5.07. The Morgan fingerprint density at radius 3 is 2.53 bits per heavy atom. The van der Waals surface area contributed by atoms with Crippen molar-refractivity contribution < 1.29 is 5.11 Å². The molecule has 0 bridgehead atoms. The Balaban J connectivity index is 1.99. The van der Waals surface area contributed by atoms with Crippen LogP contribution in [0, 0.1) is 11.8 Å². The van der Waals surface area contributed by atoms with Gasteiger partial charge in [-0.3, -0.25) is 0 Å². The maximum Gasteiger partial charge on any atom is 0.0460 e.